The number of likely N-dealkylation sites (N-methyl/N-ethyl adjacent to an activating group) is 1. The van der Waals surface area contributed by atoms with E-state index in [0.29, 0.717) is 12.6 Å². The van der Waals surface area contributed by atoms with Gasteiger partial charge in [-0.2, -0.15) is 0 Å². The van der Waals surface area contributed by atoms with Crippen molar-refractivity contribution in [2.45, 2.75) is 19.4 Å². The Morgan fingerprint density at radius 3 is 2.48 bits per heavy atom. The molecule has 0 aliphatic carbocycles. The van der Waals surface area contributed by atoms with E-state index < -0.39 is 0 Å². The Morgan fingerprint density at radius 1 is 1.24 bits per heavy atom. The number of amides is 1. The minimum Gasteiger partial charge on any atom is -0.346 e. The summed E-state index contributed by atoms with van der Waals surface area (Å²) in [6.45, 7) is 2.76. The van der Waals surface area contributed by atoms with Crippen LogP contribution in [0.15, 0.2) is 41.8 Å². The maximum Gasteiger partial charge on any atom is 0.251 e. The number of carbonyl (C=O) groups excluding carboxylic acids is 1. The van der Waals surface area contributed by atoms with Crippen molar-refractivity contribution < 1.29 is 9.69 Å². The van der Waals surface area contributed by atoms with E-state index in [9.17, 15) is 4.79 Å². The molecular weight excluding hydrogens is 280 g/mol. The minimum atomic E-state index is 0.000425. The Hall–Kier alpha value is -1.65. The van der Waals surface area contributed by atoms with Crippen LogP contribution in [-0.2, 0) is 6.42 Å². The number of hydrogen-bond acceptors (Lipinski definition) is 2. The van der Waals surface area contributed by atoms with Crippen molar-refractivity contribution in [1.29, 1.82) is 0 Å². The van der Waals surface area contributed by atoms with Crippen LogP contribution in [0.4, 0.5) is 0 Å². The van der Waals surface area contributed by atoms with Gasteiger partial charge in [0.25, 0.3) is 5.91 Å². The standard InChI is InChI=1S/C17H22N2OS/c1-4-13-7-9-14(10-8-13)17(20)18-12-15(19(2)3)16-6-5-11-21-16/h5-11,15H,4,12H2,1-3H3,(H,18,20)/p+1/t15-/m1/s1. The molecule has 0 fully saturated rings. The molecule has 0 saturated heterocycles. The predicted molar refractivity (Wildman–Crippen MR) is 88.0 cm³/mol. The van der Waals surface area contributed by atoms with E-state index in [1.165, 1.54) is 15.3 Å². The molecule has 2 N–H and O–H groups in total. The second kappa shape index (κ2) is 7.38. The molecule has 0 saturated carbocycles. The van der Waals surface area contributed by atoms with Crippen LogP contribution in [0.2, 0.25) is 0 Å². The Kier molecular flexibility index (Phi) is 5.53. The zero-order valence-corrected chi connectivity index (χ0v) is 13.7. The van der Waals surface area contributed by atoms with E-state index in [0.717, 1.165) is 12.0 Å². The van der Waals surface area contributed by atoms with Crippen molar-refractivity contribution in [3.8, 4) is 0 Å². The largest absolute Gasteiger partial charge is 0.346 e. The van der Waals surface area contributed by atoms with Crippen LogP contribution in [-0.4, -0.2) is 26.5 Å². The molecule has 112 valence electrons. The van der Waals surface area contributed by atoms with Gasteiger partial charge in [0.15, 0.2) is 0 Å². The van der Waals surface area contributed by atoms with Gasteiger partial charge in [0.1, 0.15) is 6.04 Å². The number of benzene rings is 1. The predicted octanol–water partition coefficient (Wildman–Crippen LogP) is 1.93. The lowest BCUT2D eigenvalue weighted by Gasteiger charge is -2.20. The summed E-state index contributed by atoms with van der Waals surface area (Å²) in [7, 11) is 4.24. The Bertz CT molecular complexity index is 561. The summed E-state index contributed by atoms with van der Waals surface area (Å²) in [5, 5.41) is 5.13. The van der Waals surface area contributed by atoms with Gasteiger partial charge < -0.3 is 10.2 Å². The van der Waals surface area contributed by atoms with E-state index in [-0.39, 0.29) is 5.91 Å². The second-order valence-electron chi connectivity index (χ2n) is 5.41. The Balaban J connectivity index is 1.98. The average Bonchev–Trinajstić information content (AvgIpc) is 3.01. The fourth-order valence-electron chi connectivity index (χ4n) is 2.27. The van der Waals surface area contributed by atoms with Crippen LogP contribution in [0.25, 0.3) is 0 Å². The molecule has 4 heteroatoms. The molecule has 1 amide bonds. The molecule has 1 aromatic carbocycles. The van der Waals surface area contributed by atoms with Gasteiger partial charge in [0.2, 0.25) is 0 Å². The highest BCUT2D eigenvalue weighted by Crippen LogP contribution is 2.15. The van der Waals surface area contributed by atoms with Crippen LogP contribution in [0.5, 0.6) is 0 Å². The fourth-order valence-corrected chi connectivity index (χ4v) is 3.22. The van der Waals surface area contributed by atoms with Gasteiger partial charge in [-0.3, -0.25) is 4.79 Å². The van der Waals surface area contributed by atoms with Crippen LogP contribution < -0.4 is 10.2 Å². The zero-order chi connectivity index (χ0) is 15.2. The van der Waals surface area contributed by atoms with Gasteiger partial charge in [0.05, 0.1) is 25.5 Å². The van der Waals surface area contributed by atoms with Crippen LogP contribution in [0, 0.1) is 0 Å². The van der Waals surface area contributed by atoms with E-state index in [1.807, 2.05) is 24.3 Å². The second-order valence-corrected chi connectivity index (χ2v) is 6.39. The van der Waals surface area contributed by atoms with Crippen molar-refractivity contribution in [2.24, 2.45) is 0 Å². The van der Waals surface area contributed by atoms with Crippen LogP contribution >= 0.6 is 11.3 Å². The highest BCUT2D eigenvalue weighted by Gasteiger charge is 2.19. The quantitative estimate of drug-likeness (QED) is 0.840. The smallest absolute Gasteiger partial charge is 0.251 e. The van der Waals surface area contributed by atoms with Gasteiger partial charge in [-0.25, -0.2) is 0 Å². The molecule has 0 bridgehead atoms. The van der Waals surface area contributed by atoms with E-state index >= 15 is 0 Å². The molecule has 2 aromatic rings. The molecular formula is C17H23N2OS+. The third kappa shape index (κ3) is 4.16. The first-order valence-electron chi connectivity index (χ1n) is 7.32. The monoisotopic (exact) mass is 303 g/mol. The first kappa shape index (κ1) is 15.7. The fraction of sp³-hybridized carbons (Fsp3) is 0.353. The third-order valence-electron chi connectivity index (χ3n) is 3.67. The number of quaternary nitrogens is 1. The zero-order valence-electron chi connectivity index (χ0n) is 12.8. The summed E-state index contributed by atoms with van der Waals surface area (Å²) < 4.78 is 0. The van der Waals surface area contributed by atoms with E-state index in [2.05, 4.69) is 43.8 Å². The number of hydrogen-bond donors (Lipinski definition) is 2. The molecule has 21 heavy (non-hydrogen) atoms. The summed E-state index contributed by atoms with van der Waals surface area (Å²) in [5.74, 6) is 0.000425. The van der Waals surface area contributed by atoms with Crippen molar-refractivity contribution in [3.63, 3.8) is 0 Å². The number of nitrogens with one attached hydrogen (secondary N) is 2. The summed E-state index contributed by atoms with van der Waals surface area (Å²) in [5.41, 5.74) is 1.98. The maximum absolute atomic E-state index is 12.2. The lowest BCUT2D eigenvalue weighted by atomic mass is 10.1. The molecule has 0 radical (unpaired) electrons. The molecule has 0 aliphatic rings. The molecule has 3 nitrogen and oxygen atoms in total. The number of carbonyl (C=O) groups is 1. The van der Waals surface area contributed by atoms with Gasteiger partial charge >= 0.3 is 0 Å². The summed E-state index contributed by atoms with van der Waals surface area (Å²) in [4.78, 5) is 14.8. The van der Waals surface area contributed by atoms with E-state index in [4.69, 9.17) is 0 Å². The Labute approximate surface area is 130 Å². The third-order valence-corrected chi connectivity index (χ3v) is 4.66. The van der Waals surface area contributed by atoms with Crippen molar-refractivity contribution in [3.05, 3.63) is 57.8 Å². The molecule has 0 spiro atoms. The van der Waals surface area contributed by atoms with E-state index in [1.54, 1.807) is 11.3 Å². The van der Waals surface area contributed by atoms with Crippen LogP contribution in [0.1, 0.15) is 33.8 Å². The summed E-state index contributed by atoms with van der Waals surface area (Å²) >= 11 is 1.74. The van der Waals surface area contributed by atoms with Gasteiger partial charge in [-0.05, 0) is 35.6 Å². The lowest BCUT2D eigenvalue weighted by molar-refractivity contribution is -0.890. The number of rotatable bonds is 6. The number of aryl methyl sites for hydroxylation is 1. The van der Waals surface area contributed by atoms with Gasteiger partial charge in [0, 0.05) is 5.56 Å². The molecule has 0 unspecified atom stereocenters. The highest BCUT2D eigenvalue weighted by atomic mass is 32.1. The lowest BCUT2D eigenvalue weighted by Crippen LogP contribution is -3.06. The Morgan fingerprint density at radius 2 is 1.95 bits per heavy atom. The highest BCUT2D eigenvalue weighted by molar-refractivity contribution is 7.10. The summed E-state index contributed by atoms with van der Waals surface area (Å²) in [6, 6.07) is 12.3. The van der Waals surface area contributed by atoms with Crippen molar-refractivity contribution >= 4 is 17.2 Å². The molecule has 1 atom stereocenters. The van der Waals surface area contributed by atoms with Crippen molar-refractivity contribution in [2.75, 3.05) is 20.6 Å². The minimum absolute atomic E-state index is 0.000425. The topological polar surface area (TPSA) is 33.5 Å². The molecule has 1 heterocycles. The number of thiophene rings is 1. The van der Waals surface area contributed by atoms with Crippen molar-refractivity contribution in [1.82, 2.24) is 5.32 Å². The maximum atomic E-state index is 12.2. The molecule has 2 rings (SSSR count). The van der Waals surface area contributed by atoms with Gasteiger partial charge in [-0.1, -0.05) is 25.1 Å². The first-order chi connectivity index (χ1) is 10.1. The van der Waals surface area contributed by atoms with Crippen LogP contribution in [0.3, 0.4) is 0 Å². The SMILES string of the molecule is CCc1ccc(C(=O)NC[C@H](c2cccs2)[NH+](C)C)cc1. The normalized spacial score (nSPS) is 12.4. The molecule has 1 aromatic heterocycles. The first-order valence-corrected chi connectivity index (χ1v) is 8.20. The summed E-state index contributed by atoms with van der Waals surface area (Å²) in [6.07, 6.45) is 0.992. The van der Waals surface area contributed by atoms with Gasteiger partial charge in [-0.15, -0.1) is 11.3 Å². The molecule has 0 aliphatic heterocycles. The average molecular weight is 303 g/mol.